The van der Waals surface area contributed by atoms with E-state index in [1.807, 2.05) is 25.3 Å². The van der Waals surface area contributed by atoms with Crippen LogP contribution in [0.3, 0.4) is 0 Å². The fourth-order valence-electron chi connectivity index (χ4n) is 3.68. The zero-order chi connectivity index (χ0) is 18.3. The summed E-state index contributed by atoms with van der Waals surface area (Å²) in [6.07, 6.45) is 3.56. The third-order valence-corrected chi connectivity index (χ3v) is 5.81. The van der Waals surface area contributed by atoms with Gasteiger partial charge in [-0.05, 0) is 51.4 Å². The normalized spacial score (nSPS) is 15.6. The minimum absolute atomic E-state index is 0.169. The number of benzene rings is 1. The molecule has 0 bridgehead atoms. The van der Waals surface area contributed by atoms with Gasteiger partial charge >= 0.3 is 5.63 Å². The highest BCUT2D eigenvalue weighted by Crippen LogP contribution is 2.39. The number of phenolic OH excluding ortho intramolecular Hbond substituents is 1. The number of likely N-dealkylation sites (tertiary alicyclic amines) is 1. The first-order valence-corrected chi connectivity index (χ1v) is 9.85. The van der Waals surface area contributed by atoms with E-state index in [0.717, 1.165) is 47.6 Å². The molecule has 1 N–H and O–H groups in total. The van der Waals surface area contributed by atoms with Gasteiger partial charge < -0.3 is 9.52 Å². The third-order valence-electron chi connectivity index (χ3n) is 5.04. The SMILES string of the molecule is Cc1nc(-c2cc3c(C)cc(=O)oc3c(CN3CCCCC3)c2O)cs1. The molecule has 1 saturated heterocycles. The second kappa shape index (κ2) is 6.85. The van der Waals surface area contributed by atoms with Crippen molar-refractivity contribution in [3.8, 4) is 17.0 Å². The zero-order valence-corrected chi connectivity index (χ0v) is 15.9. The first-order valence-electron chi connectivity index (χ1n) is 8.97. The third kappa shape index (κ3) is 3.15. The van der Waals surface area contributed by atoms with Crippen molar-refractivity contribution in [2.45, 2.75) is 39.7 Å². The molecule has 3 aromatic rings. The van der Waals surface area contributed by atoms with E-state index >= 15 is 0 Å². The van der Waals surface area contributed by atoms with Crippen molar-refractivity contribution in [2.75, 3.05) is 13.1 Å². The summed E-state index contributed by atoms with van der Waals surface area (Å²) in [7, 11) is 0. The van der Waals surface area contributed by atoms with E-state index in [0.29, 0.717) is 23.3 Å². The van der Waals surface area contributed by atoms with Crippen LogP contribution in [0, 0.1) is 13.8 Å². The number of phenols is 1. The molecule has 4 rings (SSSR count). The second-order valence-corrected chi connectivity index (χ2v) is 8.03. The fraction of sp³-hybridized carbons (Fsp3) is 0.400. The molecule has 26 heavy (non-hydrogen) atoms. The summed E-state index contributed by atoms with van der Waals surface area (Å²) in [6.45, 7) is 6.42. The predicted octanol–water partition coefficient (Wildman–Crippen LogP) is 4.22. The van der Waals surface area contributed by atoms with Crippen LogP contribution >= 0.6 is 11.3 Å². The van der Waals surface area contributed by atoms with E-state index in [2.05, 4.69) is 9.88 Å². The van der Waals surface area contributed by atoms with E-state index in [-0.39, 0.29) is 11.4 Å². The topological polar surface area (TPSA) is 66.6 Å². The number of aromatic hydroxyl groups is 1. The number of aromatic nitrogens is 1. The van der Waals surface area contributed by atoms with Gasteiger partial charge in [-0.3, -0.25) is 4.90 Å². The smallest absolute Gasteiger partial charge is 0.336 e. The summed E-state index contributed by atoms with van der Waals surface area (Å²) >= 11 is 1.56. The van der Waals surface area contributed by atoms with Crippen LogP contribution in [0.15, 0.2) is 26.7 Å². The summed E-state index contributed by atoms with van der Waals surface area (Å²) in [6, 6.07) is 3.39. The Morgan fingerprint density at radius 1 is 1.23 bits per heavy atom. The lowest BCUT2D eigenvalue weighted by Crippen LogP contribution is -2.29. The number of thiazole rings is 1. The molecule has 1 aliphatic rings. The maximum Gasteiger partial charge on any atom is 0.336 e. The summed E-state index contributed by atoms with van der Waals surface area (Å²) in [5.41, 5.74) is 3.11. The van der Waals surface area contributed by atoms with Crippen molar-refractivity contribution >= 4 is 22.3 Å². The molecule has 2 aromatic heterocycles. The van der Waals surface area contributed by atoms with Crippen LogP contribution < -0.4 is 5.63 Å². The molecule has 1 fully saturated rings. The van der Waals surface area contributed by atoms with Gasteiger partial charge in [0, 0.05) is 28.9 Å². The van der Waals surface area contributed by atoms with Crippen molar-refractivity contribution < 1.29 is 9.52 Å². The molecule has 0 atom stereocenters. The van der Waals surface area contributed by atoms with E-state index in [4.69, 9.17) is 4.42 Å². The number of aryl methyl sites for hydroxylation is 2. The minimum Gasteiger partial charge on any atom is -0.507 e. The molecule has 0 spiro atoms. The monoisotopic (exact) mass is 370 g/mol. The van der Waals surface area contributed by atoms with E-state index in [9.17, 15) is 9.90 Å². The standard InChI is InChI=1S/C20H22N2O3S/c1-12-8-18(23)25-20-14(12)9-15(17-11-26-13(2)21-17)19(24)16(20)10-22-6-4-3-5-7-22/h8-9,11,24H,3-7,10H2,1-2H3. The summed E-state index contributed by atoms with van der Waals surface area (Å²) in [4.78, 5) is 18.8. The van der Waals surface area contributed by atoms with Gasteiger partial charge in [0.05, 0.1) is 16.3 Å². The van der Waals surface area contributed by atoms with E-state index < -0.39 is 0 Å². The number of rotatable bonds is 3. The number of nitrogens with zero attached hydrogens (tertiary/aromatic N) is 2. The molecule has 0 saturated carbocycles. The molecule has 136 valence electrons. The Balaban J connectivity index is 1.93. The number of fused-ring (bicyclic) bond motifs is 1. The highest BCUT2D eigenvalue weighted by atomic mass is 32.1. The molecule has 1 aromatic carbocycles. The Morgan fingerprint density at radius 2 is 2.00 bits per heavy atom. The number of hydrogen-bond donors (Lipinski definition) is 1. The molecular weight excluding hydrogens is 348 g/mol. The fourth-order valence-corrected chi connectivity index (χ4v) is 4.29. The van der Waals surface area contributed by atoms with Gasteiger partial charge in [0.1, 0.15) is 11.3 Å². The quantitative estimate of drug-likeness (QED) is 0.699. The molecular formula is C20H22N2O3S. The van der Waals surface area contributed by atoms with Crippen molar-refractivity contribution in [2.24, 2.45) is 0 Å². The molecule has 3 heterocycles. The van der Waals surface area contributed by atoms with E-state index in [1.165, 1.54) is 12.5 Å². The van der Waals surface area contributed by atoms with Gasteiger partial charge in [-0.15, -0.1) is 11.3 Å². The lowest BCUT2D eigenvalue weighted by molar-refractivity contribution is 0.218. The van der Waals surface area contributed by atoms with Gasteiger partial charge in [0.15, 0.2) is 0 Å². The maximum absolute atomic E-state index is 11.9. The zero-order valence-electron chi connectivity index (χ0n) is 15.0. The Morgan fingerprint density at radius 3 is 2.69 bits per heavy atom. The van der Waals surface area contributed by atoms with Crippen LogP contribution in [-0.2, 0) is 6.54 Å². The average molecular weight is 370 g/mol. The van der Waals surface area contributed by atoms with E-state index in [1.54, 1.807) is 11.3 Å². The highest BCUT2D eigenvalue weighted by Gasteiger charge is 2.22. The van der Waals surface area contributed by atoms with Gasteiger partial charge in [-0.1, -0.05) is 6.42 Å². The van der Waals surface area contributed by atoms with Crippen LogP contribution in [0.4, 0.5) is 0 Å². The first-order chi connectivity index (χ1) is 12.5. The first kappa shape index (κ1) is 17.2. The van der Waals surface area contributed by atoms with Crippen LogP contribution in [0.1, 0.15) is 35.4 Å². The van der Waals surface area contributed by atoms with Crippen molar-refractivity contribution in [3.05, 3.63) is 44.1 Å². The average Bonchev–Trinajstić information content (AvgIpc) is 3.04. The maximum atomic E-state index is 11.9. The molecule has 1 aliphatic heterocycles. The molecule has 0 radical (unpaired) electrons. The highest BCUT2D eigenvalue weighted by molar-refractivity contribution is 7.09. The van der Waals surface area contributed by atoms with Crippen LogP contribution in [-0.4, -0.2) is 28.1 Å². The van der Waals surface area contributed by atoms with Crippen LogP contribution in [0.25, 0.3) is 22.2 Å². The molecule has 0 unspecified atom stereocenters. The van der Waals surface area contributed by atoms with Crippen molar-refractivity contribution in [1.29, 1.82) is 0 Å². The van der Waals surface area contributed by atoms with Crippen molar-refractivity contribution in [1.82, 2.24) is 9.88 Å². The molecule has 6 heteroatoms. The lowest BCUT2D eigenvalue weighted by Gasteiger charge is -2.27. The van der Waals surface area contributed by atoms with Crippen LogP contribution in [0.2, 0.25) is 0 Å². The summed E-state index contributed by atoms with van der Waals surface area (Å²) in [5, 5.41) is 14.8. The Hall–Kier alpha value is -2.18. The van der Waals surface area contributed by atoms with Gasteiger partial charge in [0.25, 0.3) is 0 Å². The summed E-state index contributed by atoms with van der Waals surface area (Å²) < 4.78 is 5.53. The number of hydrogen-bond acceptors (Lipinski definition) is 6. The Labute approximate surface area is 155 Å². The lowest BCUT2D eigenvalue weighted by atomic mass is 9.99. The molecule has 5 nitrogen and oxygen atoms in total. The summed E-state index contributed by atoms with van der Waals surface area (Å²) in [5.74, 6) is 0.169. The largest absolute Gasteiger partial charge is 0.507 e. The number of piperidine rings is 1. The van der Waals surface area contributed by atoms with Gasteiger partial charge in [0.2, 0.25) is 0 Å². The van der Waals surface area contributed by atoms with Gasteiger partial charge in [-0.25, -0.2) is 9.78 Å². The molecule has 0 amide bonds. The predicted molar refractivity (Wildman–Crippen MR) is 104 cm³/mol. The Bertz CT molecular complexity index is 1020. The van der Waals surface area contributed by atoms with Crippen LogP contribution in [0.5, 0.6) is 5.75 Å². The molecule has 0 aliphatic carbocycles. The Kier molecular flexibility index (Phi) is 4.54. The van der Waals surface area contributed by atoms with Gasteiger partial charge in [-0.2, -0.15) is 0 Å². The minimum atomic E-state index is -0.383. The van der Waals surface area contributed by atoms with Crippen molar-refractivity contribution in [3.63, 3.8) is 0 Å². The second-order valence-electron chi connectivity index (χ2n) is 6.96.